The number of benzene rings is 2. The van der Waals surface area contributed by atoms with E-state index in [1.807, 2.05) is 18.2 Å². The number of hydrogen-bond donors (Lipinski definition) is 1. The Labute approximate surface area is 133 Å². The van der Waals surface area contributed by atoms with Crippen molar-refractivity contribution in [2.24, 2.45) is 0 Å². The van der Waals surface area contributed by atoms with Crippen LogP contribution < -0.4 is 10.1 Å². The average Bonchev–Trinajstić information content (AvgIpc) is 2.53. The molecule has 1 N–H and O–H groups in total. The van der Waals surface area contributed by atoms with E-state index in [2.05, 4.69) is 45.5 Å². The van der Waals surface area contributed by atoms with Crippen molar-refractivity contribution in [1.82, 2.24) is 0 Å². The quantitative estimate of drug-likeness (QED) is 0.899. The lowest BCUT2D eigenvalue weighted by molar-refractivity contribution is 0.0513. The van der Waals surface area contributed by atoms with E-state index in [1.54, 1.807) is 7.11 Å². The Kier molecular flexibility index (Phi) is 4.46. The summed E-state index contributed by atoms with van der Waals surface area (Å²) < 4.78 is 12.1. The number of fused-ring (bicyclic) bond motifs is 1. The Balaban J connectivity index is 1.70. The Bertz CT molecular complexity index is 630. The van der Waals surface area contributed by atoms with Crippen molar-refractivity contribution in [2.75, 3.05) is 25.6 Å². The van der Waals surface area contributed by atoms with Crippen molar-refractivity contribution < 1.29 is 9.47 Å². The molecule has 2 aromatic rings. The molecule has 1 aliphatic heterocycles. The van der Waals surface area contributed by atoms with Gasteiger partial charge in [0.25, 0.3) is 0 Å². The fourth-order valence-electron chi connectivity index (χ4n) is 2.63. The zero-order valence-electron chi connectivity index (χ0n) is 11.9. The molecule has 0 fully saturated rings. The van der Waals surface area contributed by atoms with Crippen molar-refractivity contribution in [2.45, 2.75) is 12.5 Å². The molecule has 0 spiro atoms. The van der Waals surface area contributed by atoms with Gasteiger partial charge < -0.3 is 14.8 Å². The Hall–Kier alpha value is -1.52. The molecule has 0 saturated heterocycles. The Morgan fingerprint density at radius 2 is 2.14 bits per heavy atom. The molecule has 0 amide bonds. The van der Waals surface area contributed by atoms with Crippen LogP contribution in [0.1, 0.15) is 17.2 Å². The molecule has 2 aromatic carbocycles. The summed E-state index contributed by atoms with van der Waals surface area (Å²) in [5, 5.41) is 3.44. The minimum atomic E-state index is 0.107. The second kappa shape index (κ2) is 6.50. The maximum atomic E-state index is 5.90. The molecule has 21 heavy (non-hydrogen) atoms. The van der Waals surface area contributed by atoms with Crippen LogP contribution in [0.2, 0.25) is 0 Å². The first kappa shape index (κ1) is 14.4. The van der Waals surface area contributed by atoms with Crippen molar-refractivity contribution in [3.8, 4) is 5.75 Å². The molecule has 110 valence electrons. The summed E-state index contributed by atoms with van der Waals surface area (Å²) >= 11 is 3.50. The van der Waals surface area contributed by atoms with Gasteiger partial charge in [-0.3, -0.25) is 0 Å². The van der Waals surface area contributed by atoms with Gasteiger partial charge in [0.1, 0.15) is 5.75 Å². The molecule has 3 rings (SSSR count). The predicted molar refractivity (Wildman–Crippen MR) is 88.0 cm³/mol. The minimum absolute atomic E-state index is 0.107. The number of methoxy groups -OCH3 is 1. The van der Waals surface area contributed by atoms with Gasteiger partial charge in [-0.05, 0) is 51.7 Å². The molecule has 1 aliphatic rings. The lowest BCUT2D eigenvalue weighted by Gasteiger charge is -2.26. The standard InChI is InChI=1S/C17H18BrNO2/c1-20-16-7-6-13(10-15(16)18)19-11-17-14-5-3-2-4-12(14)8-9-21-17/h2-7,10,17,19H,8-9,11H2,1H3. The van der Waals surface area contributed by atoms with Crippen LogP contribution in [0.5, 0.6) is 5.75 Å². The third-order valence-corrected chi connectivity index (χ3v) is 4.36. The number of halogens is 1. The fraction of sp³-hybridized carbons (Fsp3) is 0.294. The minimum Gasteiger partial charge on any atom is -0.496 e. The van der Waals surface area contributed by atoms with Crippen LogP contribution in [-0.2, 0) is 11.2 Å². The number of ether oxygens (including phenoxy) is 2. The SMILES string of the molecule is COc1ccc(NCC2OCCc3ccccc32)cc1Br. The molecule has 1 atom stereocenters. The zero-order valence-corrected chi connectivity index (χ0v) is 13.5. The van der Waals surface area contributed by atoms with Crippen LogP contribution in [-0.4, -0.2) is 20.3 Å². The van der Waals surface area contributed by atoms with Gasteiger partial charge in [0.05, 0.1) is 24.3 Å². The van der Waals surface area contributed by atoms with Gasteiger partial charge in [0.15, 0.2) is 0 Å². The largest absolute Gasteiger partial charge is 0.496 e. The van der Waals surface area contributed by atoms with E-state index in [-0.39, 0.29) is 6.10 Å². The smallest absolute Gasteiger partial charge is 0.133 e. The molecular formula is C17H18BrNO2. The first-order valence-electron chi connectivity index (χ1n) is 7.05. The van der Waals surface area contributed by atoms with E-state index in [0.29, 0.717) is 0 Å². The van der Waals surface area contributed by atoms with Crippen LogP contribution in [0.3, 0.4) is 0 Å². The highest BCUT2D eigenvalue weighted by Crippen LogP contribution is 2.30. The maximum absolute atomic E-state index is 5.90. The van der Waals surface area contributed by atoms with Gasteiger partial charge in [-0.25, -0.2) is 0 Å². The summed E-state index contributed by atoms with van der Waals surface area (Å²) in [6, 6.07) is 14.5. The monoisotopic (exact) mass is 347 g/mol. The topological polar surface area (TPSA) is 30.5 Å². The van der Waals surface area contributed by atoms with Gasteiger partial charge in [0, 0.05) is 12.2 Å². The average molecular weight is 348 g/mol. The van der Waals surface area contributed by atoms with E-state index in [9.17, 15) is 0 Å². The molecule has 1 heterocycles. The number of hydrogen-bond acceptors (Lipinski definition) is 3. The van der Waals surface area contributed by atoms with Crippen molar-refractivity contribution in [3.05, 3.63) is 58.1 Å². The summed E-state index contributed by atoms with van der Waals surface area (Å²) in [5.41, 5.74) is 3.74. The fourth-order valence-corrected chi connectivity index (χ4v) is 3.17. The summed E-state index contributed by atoms with van der Waals surface area (Å²) in [6.45, 7) is 1.55. The Morgan fingerprint density at radius 3 is 2.95 bits per heavy atom. The molecule has 0 bridgehead atoms. The van der Waals surface area contributed by atoms with E-state index in [4.69, 9.17) is 9.47 Å². The molecule has 0 saturated carbocycles. The van der Waals surface area contributed by atoms with Crippen LogP contribution in [0.15, 0.2) is 46.9 Å². The maximum Gasteiger partial charge on any atom is 0.133 e. The first-order valence-corrected chi connectivity index (χ1v) is 7.84. The summed E-state index contributed by atoms with van der Waals surface area (Å²) in [6.07, 6.45) is 1.11. The number of anilines is 1. The lowest BCUT2D eigenvalue weighted by atomic mass is 9.97. The molecule has 0 aliphatic carbocycles. The molecule has 1 unspecified atom stereocenters. The van der Waals surface area contributed by atoms with Crippen LogP contribution in [0.25, 0.3) is 0 Å². The second-order valence-corrected chi connectivity index (χ2v) is 5.89. The molecule has 4 heteroatoms. The highest BCUT2D eigenvalue weighted by molar-refractivity contribution is 9.10. The normalized spacial score (nSPS) is 17.1. The van der Waals surface area contributed by atoms with E-state index in [0.717, 1.165) is 35.5 Å². The molecular weight excluding hydrogens is 330 g/mol. The first-order chi connectivity index (χ1) is 10.3. The van der Waals surface area contributed by atoms with Crippen molar-refractivity contribution >= 4 is 21.6 Å². The Morgan fingerprint density at radius 1 is 1.29 bits per heavy atom. The van der Waals surface area contributed by atoms with Crippen molar-refractivity contribution in [3.63, 3.8) is 0 Å². The van der Waals surface area contributed by atoms with E-state index < -0.39 is 0 Å². The second-order valence-electron chi connectivity index (χ2n) is 5.04. The number of nitrogens with one attached hydrogen (secondary N) is 1. The van der Waals surface area contributed by atoms with Crippen molar-refractivity contribution in [1.29, 1.82) is 0 Å². The van der Waals surface area contributed by atoms with E-state index in [1.165, 1.54) is 11.1 Å². The van der Waals surface area contributed by atoms with Gasteiger partial charge in [-0.1, -0.05) is 24.3 Å². The third-order valence-electron chi connectivity index (χ3n) is 3.74. The third kappa shape index (κ3) is 3.22. The van der Waals surface area contributed by atoms with Crippen LogP contribution in [0, 0.1) is 0 Å². The molecule has 0 radical (unpaired) electrons. The van der Waals surface area contributed by atoms with Gasteiger partial charge in [-0.2, -0.15) is 0 Å². The summed E-state index contributed by atoms with van der Waals surface area (Å²) in [5.74, 6) is 0.833. The van der Waals surface area contributed by atoms with Crippen LogP contribution >= 0.6 is 15.9 Å². The lowest BCUT2D eigenvalue weighted by Crippen LogP contribution is -2.22. The molecule has 0 aromatic heterocycles. The van der Waals surface area contributed by atoms with E-state index >= 15 is 0 Å². The predicted octanol–water partition coefficient (Wildman–Crippen LogP) is 4.18. The summed E-state index contributed by atoms with van der Waals surface area (Å²) in [7, 11) is 1.67. The van der Waals surface area contributed by atoms with Gasteiger partial charge >= 0.3 is 0 Å². The highest BCUT2D eigenvalue weighted by atomic mass is 79.9. The van der Waals surface area contributed by atoms with Gasteiger partial charge in [-0.15, -0.1) is 0 Å². The number of rotatable bonds is 4. The zero-order chi connectivity index (χ0) is 14.7. The molecule has 3 nitrogen and oxygen atoms in total. The summed E-state index contributed by atoms with van der Waals surface area (Å²) in [4.78, 5) is 0. The van der Waals surface area contributed by atoms with Gasteiger partial charge in [0.2, 0.25) is 0 Å². The van der Waals surface area contributed by atoms with Crippen LogP contribution in [0.4, 0.5) is 5.69 Å². The highest BCUT2D eigenvalue weighted by Gasteiger charge is 2.20.